The zero-order valence-electron chi connectivity index (χ0n) is 8.54. The molecule has 0 radical (unpaired) electrons. The summed E-state index contributed by atoms with van der Waals surface area (Å²) in [6, 6.07) is -0.134. The second-order valence-electron chi connectivity index (χ2n) is 4.05. The lowest BCUT2D eigenvalue weighted by molar-refractivity contribution is -0.0313. The van der Waals surface area contributed by atoms with E-state index in [4.69, 9.17) is 4.74 Å². The van der Waals surface area contributed by atoms with Gasteiger partial charge >= 0.3 is 6.03 Å². The molecule has 0 aliphatic carbocycles. The third-order valence-corrected chi connectivity index (χ3v) is 3.08. The molecule has 0 saturated carbocycles. The molecule has 2 fully saturated rings. The third-order valence-electron chi connectivity index (χ3n) is 3.08. The van der Waals surface area contributed by atoms with Crippen LogP contribution in [0.4, 0.5) is 4.79 Å². The number of carbonyl (C=O) groups is 1. The van der Waals surface area contributed by atoms with Crippen LogP contribution in [-0.4, -0.2) is 24.9 Å². The van der Waals surface area contributed by atoms with Crippen molar-refractivity contribution < 1.29 is 9.53 Å². The molecule has 2 amide bonds. The van der Waals surface area contributed by atoms with Gasteiger partial charge in [0.1, 0.15) is 5.72 Å². The highest BCUT2D eigenvalue weighted by molar-refractivity contribution is 5.75. The van der Waals surface area contributed by atoms with Gasteiger partial charge in [0.15, 0.2) is 0 Å². The Balaban J connectivity index is 2.16. The Morgan fingerprint density at radius 1 is 1.64 bits per heavy atom. The number of allylic oxidation sites excluding steroid dienone is 1. The number of carbonyl (C=O) groups excluding carboxylic acids is 1. The third kappa shape index (κ3) is 1.39. The largest absolute Gasteiger partial charge is 0.355 e. The zero-order chi connectivity index (χ0) is 10.2. The predicted molar refractivity (Wildman–Crippen MR) is 52.7 cm³/mol. The monoisotopic (exact) mass is 196 g/mol. The maximum absolute atomic E-state index is 11.2. The molecule has 2 heterocycles. The van der Waals surface area contributed by atoms with Gasteiger partial charge in [-0.1, -0.05) is 12.2 Å². The van der Waals surface area contributed by atoms with E-state index in [0.717, 1.165) is 0 Å². The number of fused-ring (bicyclic) bond motifs is 1. The highest BCUT2D eigenvalue weighted by atomic mass is 16.5. The number of ether oxygens (including phenoxy) is 1. The van der Waals surface area contributed by atoms with E-state index in [9.17, 15) is 4.79 Å². The van der Waals surface area contributed by atoms with Crippen molar-refractivity contribution in [2.45, 2.75) is 19.6 Å². The van der Waals surface area contributed by atoms with Crippen LogP contribution in [0.2, 0.25) is 0 Å². The lowest BCUT2D eigenvalue weighted by atomic mass is 9.86. The van der Waals surface area contributed by atoms with Crippen LogP contribution in [0.3, 0.4) is 0 Å². The summed E-state index contributed by atoms with van der Waals surface area (Å²) in [6.07, 6.45) is 4.19. The predicted octanol–water partition coefficient (Wildman–Crippen LogP) is 0.854. The normalized spacial score (nSPS) is 42.0. The van der Waals surface area contributed by atoms with E-state index in [2.05, 4.69) is 16.7 Å². The van der Waals surface area contributed by atoms with E-state index in [1.165, 1.54) is 0 Å². The minimum Gasteiger partial charge on any atom is -0.355 e. The zero-order valence-corrected chi connectivity index (χ0v) is 8.54. The summed E-state index contributed by atoms with van der Waals surface area (Å²) in [5, 5.41) is 5.64. The lowest BCUT2D eigenvalue weighted by Crippen LogP contribution is -2.61. The molecule has 0 aromatic carbocycles. The van der Waals surface area contributed by atoms with Gasteiger partial charge in [-0.25, -0.2) is 4.79 Å². The van der Waals surface area contributed by atoms with Crippen LogP contribution in [0.15, 0.2) is 12.2 Å². The van der Waals surface area contributed by atoms with Crippen molar-refractivity contribution in [3.8, 4) is 0 Å². The molecule has 0 unspecified atom stereocenters. The Morgan fingerprint density at radius 3 is 3.14 bits per heavy atom. The van der Waals surface area contributed by atoms with E-state index in [0.29, 0.717) is 25.0 Å². The quantitative estimate of drug-likeness (QED) is 0.611. The average Bonchev–Trinajstić information content (AvgIpc) is 2.43. The molecule has 0 aromatic rings. The highest BCUT2D eigenvalue weighted by Gasteiger charge is 2.48. The van der Waals surface area contributed by atoms with Gasteiger partial charge in [-0.3, -0.25) is 0 Å². The van der Waals surface area contributed by atoms with Gasteiger partial charge in [0, 0.05) is 18.4 Å². The van der Waals surface area contributed by atoms with Gasteiger partial charge in [0.25, 0.3) is 0 Å². The van der Waals surface area contributed by atoms with Crippen LogP contribution < -0.4 is 10.6 Å². The summed E-state index contributed by atoms with van der Waals surface area (Å²) in [6.45, 7) is 5.33. The first-order valence-corrected chi connectivity index (χ1v) is 4.98. The van der Waals surface area contributed by atoms with Crippen LogP contribution in [0, 0.1) is 11.8 Å². The summed E-state index contributed by atoms with van der Waals surface area (Å²) >= 11 is 0. The fraction of sp³-hybridized carbons (Fsp3) is 0.700. The van der Waals surface area contributed by atoms with Crippen molar-refractivity contribution in [2.24, 2.45) is 11.8 Å². The Bertz CT molecular complexity index is 277. The first kappa shape index (κ1) is 9.52. The Hall–Kier alpha value is -1.03. The Labute approximate surface area is 83.7 Å². The lowest BCUT2D eigenvalue weighted by Gasteiger charge is -2.37. The molecule has 14 heavy (non-hydrogen) atoms. The number of nitrogens with one attached hydrogen (secondary N) is 2. The molecule has 78 valence electrons. The average molecular weight is 196 g/mol. The van der Waals surface area contributed by atoms with E-state index in [1.807, 2.05) is 19.9 Å². The standard InChI is InChI=1S/C10H16N2O2/c1-3-4-7-6-14-10(2)8(7)5-11-9(13)12-10/h3-4,7-8H,5-6H2,1-2H3,(H2,11,12,13)/b4-3+/t7-,8+,10-/m0/s1. The molecule has 2 aliphatic heterocycles. The smallest absolute Gasteiger partial charge is 0.317 e. The molecule has 0 spiro atoms. The number of rotatable bonds is 1. The van der Waals surface area contributed by atoms with Crippen molar-refractivity contribution in [1.29, 1.82) is 0 Å². The molecular formula is C10H16N2O2. The van der Waals surface area contributed by atoms with Crippen molar-refractivity contribution in [3.63, 3.8) is 0 Å². The first-order chi connectivity index (χ1) is 6.65. The molecule has 0 aromatic heterocycles. The molecule has 3 atom stereocenters. The Morgan fingerprint density at radius 2 is 2.43 bits per heavy atom. The van der Waals surface area contributed by atoms with Gasteiger partial charge in [0.05, 0.1) is 6.61 Å². The molecule has 2 saturated heterocycles. The minimum absolute atomic E-state index is 0.134. The van der Waals surface area contributed by atoms with Crippen LogP contribution in [-0.2, 0) is 4.74 Å². The van der Waals surface area contributed by atoms with Crippen LogP contribution >= 0.6 is 0 Å². The summed E-state index contributed by atoms with van der Waals surface area (Å²) in [5.41, 5.74) is -0.480. The van der Waals surface area contributed by atoms with E-state index in [1.54, 1.807) is 0 Å². The van der Waals surface area contributed by atoms with Gasteiger partial charge < -0.3 is 15.4 Å². The van der Waals surface area contributed by atoms with E-state index >= 15 is 0 Å². The number of amides is 2. The minimum atomic E-state index is -0.480. The van der Waals surface area contributed by atoms with Crippen molar-refractivity contribution in [1.82, 2.24) is 10.6 Å². The number of hydrogen-bond donors (Lipinski definition) is 2. The Kier molecular flexibility index (Phi) is 2.23. The molecule has 0 bridgehead atoms. The topological polar surface area (TPSA) is 50.4 Å². The molecule has 4 heteroatoms. The summed E-state index contributed by atoms with van der Waals surface area (Å²) < 4.78 is 5.66. The van der Waals surface area contributed by atoms with Crippen molar-refractivity contribution in [3.05, 3.63) is 12.2 Å². The van der Waals surface area contributed by atoms with Crippen molar-refractivity contribution >= 4 is 6.03 Å². The number of hydrogen-bond acceptors (Lipinski definition) is 2. The fourth-order valence-corrected chi connectivity index (χ4v) is 2.29. The van der Waals surface area contributed by atoms with E-state index in [-0.39, 0.29) is 6.03 Å². The highest BCUT2D eigenvalue weighted by Crippen LogP contribution is 2.36. The maximum atomic E-state index is 11.2. The second kappa shape index (κ2) is 3.28. The SMILES string of the molecule is C/C=C/[C@H]1CO[C@]2(C)NC(=O)NC[C@H]12. The summed E-state index contributed by atoms with van der Waals surface area (Å²) in [4.78, 5) is 11.2. The number of urea groups is 1. The van der Waals surface area contributed by atoms with Gasteiger partial charge in [0.2, 0.25) is 0 Å². The molecule has 4 nitrogen and oxygen atoms in total. The van der Waals surface area contributed by atoms with Crippen LogP contribution in [0.5, 0.6) is 0 Å². The van der Waals surface area contributed by atoms with Gasteiger partial charge in [-0.05, 0) is 13.8 Å². The maximum Gasteiger partial charge on any atom is 0.317 e. The molecule has 2 rings (SSSR count). The van der Waals surface area contributed by atoms with E-state index < -0.39 is 5.72 Å². The fourth-order valence-electron chi connectivity index (χ4n) is 2.29. The van der Waals surface area contributed by atoms with Crippen LogP contribution in [0.1, 0.15) is 13.8 Å². The van der Waals surface area contributed by atoms with Gasteiger partial charge in [-0.2, -0.15) is 0 Å². The molecular weight excluding hydrogens is 180 g/mol. The molecule has 2 aliphatic rings. The van der Waals surface area contributed by atoms with Crippen molar-refractivity contribution in [2.75, 3.05) is 13.2 Å². The first-order valence-electron chi connectivity index (χ1n) is 4.98. The van der Waals surface area contributed by atoms with Gasteiger partial charge in [-0.15, -0.1) is 0 Å². The summed E-state index contributed by atoms with van der Waals surface area (Å²) in [7, 11) is 0. The summed E-state index contributed by atoms with van der Waals surface area (Å²) in [5.74, 6) is 0.731. The molecule has 2 N–H and O–H groups in total. The van der Waals surface area contributed by atoms with Crippen LogP contribution in [0.25, 0.3) is 0 Å². The second-order valence-corrected chi connectivity index (χ2v) is 4.05.